The Bertz CT molecular complexity index is 1340. The summed E-state index contributed by atoms with van der Waals surface area (Å²) in [6.07, 6.45) is 1.17. The summed E-state index contributed by atoms with van der Waals surface area (Å²) >= 11 is 8.03. The molecular weight excluding hydrogens is 454 g/mol. The molecule has 0 saturated carbocycles. The van der Waals surface area contributed by atoms with Gasteiger partial charge >= 0.3 is 0 Å². The molecule has 2 aliphatic rings. The van der Waals surface area contributed by atoms with E-state index in [2.05, 4.69) is 29.5 Å². The molecular formula is C26H24ClN3O2S. The minimum Gasteiger partial charge on any atom is -0.362 e. The molecule has 5 rings (SSSR count). The molecule has 0 radical (unpaired) electrons. The van der Waals surface area contributed by atoms with E-state index in [0.29, 0.717) is 27.7 Å². The van der Waals surface area contributed by atoms with Gasteiger partial charge in [0.2, 0.25) is 0 Å². The Morgan fingerprint density at radius 1 is 1.15 bits per heavy atom. The van der Waals surface area contributed by atoms with Crippen LogP contribution in [0.1, 0.15) is 45.1 Å². The van der Waals surface area contributed by atoms with Gasteiger partial charge in [-0.3, -0.25) is 14.9 Å². The lowest BCUT2D eigenvalue weighted by atomic mass is 9.68. The Morgan fingerprint density at radius 2 is 1.88 bits per heavy atom. The van der Waals surface area contributed by atoms with Gasteiger partial charge in [0.15, 0.2) is 10.9 Å². The van der Waals surface area contributed by atoms with Gasteiger partial charge in [0, 0.05) is 39.9 Å². The van der Waals surface area contributed by atoms with Crippen LogP contribution in [0.3, 0.4) is 0 Å². The highest BCUT2D eigenvalue weighted by molar-refractivity contribution is 7.22. The summed E-state index contributed by atoms with van der Waals surface area (Å²) < 4.78 is 0.998. The third-order valence-electron chi connectivity index (χ3n) is 6.21. The van der Waals surface area contributed by atoms with Gasteiger partial charge in [-0.15, -0.1) is 0 Å². The smallest absolute Gasteiger partial charge is 0.256 e. The Hall–Kier alpha value is -2.96. The average molecular weight is 478 g/mol. The summed E-state index contributed by atoms with van der Waals surface area (Å²) in [5, 5.41) is 7.41. The molecule has 3 aromatic rings. The average Bonchev–Trinajstić information content (AvgIpc) is 3.14. The zero-order chi connectivity index (χ0) is 23.3. The fourth-order valence-electron chi connectivity index (χ4n) is 4.85. The van der Waals surface area contributed by atoms with Crippen LogP contribution in [0.4, 0.5) is 5.13 Å². The molecule has 7 heteroatoms. The van der Waals surface area contributed by atoms with Crippen molar-refractivity contribution in [2.24, 2.45) is 5.41 Å². The molecule has 1 amide bonds. The number of dihydropyridines is 1. The van der Waals surface area contributed by atoms with Gasteiger partial charge in [-0.1, -0.05) is 67.1 Å². The van der Waals surface area contributed by atoms with Crippen molar-refractivity contribution in [3.63, 3.8) is 0 Å². The number of rotatable bonds is 3. The van der Waals surface area contributed by atoms with E-state index in [0.717, 1.165) is 33.6 Å². The van der Waals surface area contributed by atoms with Gasteiger partial charge in [0.05, 0.1) is 10.2 Å². The molecule has 0 spiro atoms. The predicted octanol–water partition coefficient (Wildman–Crippen LogP) is 6.19. The van der Waals surface area contributed by atoms with E-state index in [4.69, 9.17) is 11.6 Å². The molecule has 1 aliphatic heterocycles. The van der Waals surface area contributed by atoms with Crippen molar-refractivity contribution in [2.45, 2.75) is 39.5 Å². The third kappa shape index (κ3) is 3.98. The van der Waals surface area contributed by atoms with Gasteiger partial charge in [0.1, 0.15) is 0 Å². The summed E-state index contributed by atoms with van der Waals surface area (Å²) in [6, 6.07) is 15.2. The van der Waals surface area contributed by atoms with Crippen molar-refractivity contribution in [1.29, 1.82) is 0 Å². The number of amides is 1. The lowest BCUT2D eigenvalue weighted by Gasteiger charge is -2.39. The highest BCUT2D eigenvalue weighted by atomic mass is 35.5. The van der Waals surface area contributed by atoms with Crippen LogP contribution < -0.4 is 10.6 Å². The number of nitrogens with zero attached hydrogens (tertiary/aromatic N) is 1. The predicted molar refractivity (Wildman–Crippen MR) is 133 cm³/mol. The topological polar surface area (TPSA) is 71.1 Å². The summed E-state index contributed by atoms with van der Waals surface area (Å²) in [5.74, 6) is -0.766. The van der Waals surface area contributed by atoms with E-state index in [1.165, 1.54) is 11.3 Å². The molecule has 2 N–H and O–H groups in total. The van der Waals surface area contributed by atoms with Gasteiger partial charge in [-0.2, -0.15) is 0 Å². The van der Waals surface area contributed by atoms with Crippen LogP contribution in [-0.4, -0.2) is 16.7 Å². The first-order valence-electron chi connectivity index (χ1n) is 10.9. The highest BCUT2D eigenvalue weighted by Crippen LogP contribution is 2.48. The van der Waals surface area contributed by atoms with E-state index in [9.17, 15) is 9.59 Å². The van der Waals surface area contributed by atoms with Crippen molar-refractivity contribution in [2.75, 3.05) is 5.32 Å². The molecule has 2 heterocycles. The largest absolute Gasteiger partial charge is 0.362 e. The first kappa shape index (κ1) is 21.9. The quantitative estimate of drug-likeness (QED) is 0.471. The molecule has 5 nitrogen and oxygen atoms in total. The SMILES string of the molecule is CC1=C(C(=O)Nc2nc3ccccc3s2)[C@@H](c2ccccc2Cl)C2=C(CC(C)(C)CC2=O)N1. The summed E-state index contributed by atoms with van der Waals surface area (Å²) in [6.45, 7) is 6.07. The molecule has 168 valence electrons. The zero-order valence-corrected chi connectivity index (χ0v) is 20.2. The molecule has 2 aromatic carbocycles. The van der Waals surface area contributed by atoms with Crippen molar-refractivity contribution in [3.05, 3.63) is 81.7 Å². The Balaban J connectivity index is 1.59. The number of ketones is 1. The van der Waals surface area contributed by atoms with Crippen LogP contribution in [-0.2, 0) is 9.59 Å². The second-order valence-corrected chi connectivity index (χ2v) is 10.8. The number of aromatic nitrogens is 1. The number of thiazole rings is 1. The van der Waals surface area contributed by atoms with Crippen molar-refractivity contribution >= 4 is 50.0 Å². The van der Waals surface area contributed by atoms with Crippen molar-refractivity contribution < 1.29 is 9.59 Å². The van der Waals surface area contributed by atoms with E-state index >= 15 is 0 Å². The Kier molecular flexibility index (Phi) is 5.38. The monoisotopic (exact) mass is 477 g/mol. The number of carbonyl (C=O) groups is 2. The molecule has 0 bridgehead atoms. The van der Waals surface area contributed by atoms with Gasteiger partial charge in [-0.05, 0) is 42.5 Å². The number of benzene rings is 2. The van der Waals surface area contributed by atoms with E-state index in [1.807, 2.05) is 49.4 Å². The van der Waals surface area contributed by atoms with Gasteiger partial charge < -0.3 is 5.32 Å². The summed E-state index contributed by atoms with van der Waals surface area (Å²) in [5.41, 5.74) is 4.20. The number of anilines is 1. The maximum atomic E-state index is 13.6. The van der Waals surface area contributed by atoms with Crippen LogP contribution >= 0.6 is 22.9 Å². The number of allylic oxidation sites excluding steroid dienone is 3. The van der Waals surface area contributed by atoms with Gasteiger partial charge in [0.25, 0.3) is 5.91 Å². The van der Waals surface area contributed by atoms with Crippen LogP contribution in [0.5, 0.6) is 0 Å². The van der Waals surface area contributed by atoms with E-state index < -0.39 is 5.92 Å². The minimum atomic E-state index is -0.534. The highest BCUT2D eigenvalue weighted by Gasteiger charge is 2.43. The molecule has 33 heavy (non-hydrogen) atoms. The molecule has 0 saturated heterocycles. The number of Topliss-reactive ketones (excluding diaryl/α,β-unsaturated/α-hetero) is 1. The zero-order valence-electron chi connectivity index (χ0n) is 18.7. The summed E-state index contributed by atoms with van der Waals surface area (Å²) in [7, 11) is 0. The maximum Gasteiger partial charge on any atom is 0.256 e. The number of carbonyl (C=O) groups excluding carboxylic acids is 2. The molecule has 0 unspecified atom stereocenters. The second-order valence-electron chi connectivity index (χ2n) is 9.39. The Labute approximate surface area is 201 Å². The van der Waals surface area contributed by atoms with Crippen LogP contribution in [0.25, 0.3) is 10.2 Å². The number of hydrogen-bond donors (Lipinski definition) is 2. The lowest BCUT2D eigenvalue weighted by Crippen LogP contribution is -2.39. The lowest BCUT2D eigenvalue weighted by molar-refractivity contribution is -0.118. The van der Waals surface area contributed by atoms with Crippen LogP contribution in [0.2, 0.25) is 5.02 Å². The Morgan fingerprint density at radius 3 is 2.64 bits per heavy atom. The summed E-state index contributed by atoms with van der Waals surface area (Å²) in [4.78, 5) is 31.6. The standard InChI is InChI=1S/C26H24ClN3O2S/c1-14-21(24(32)30-25-29-17-10-6-7-11-20(17)33-25)22(15-8-4-5-9-16(15)27)23-18(28-14)12-26(2,3)13-19(23)31/h4-11,22,28H,12-13H2,1-3H3,(H,29,30,32)/t22-/m1/s1. The number of halogens is 1. The first-order chi connectivity index (χ1) is 15.7. The van der Waals surface area contributed by atoms with E-state index in [-0.39, 0.29) is 17.1 Å². The number of hydrogen-bond acceptors (Lipinski definition) is 5. The molecule has 1 aliphatic carbocycles. The maximum absolute atomic E-state index is 13.6. The van der Waals surface area contributed by atoms with Crippen LogP contribution in [0.15, 0.2) is 71.1 Å². The fraction of sp³-hybridized carbons (Fsp3) is 0.269. The van der Waals surface area contributed by atoms with Crippen LogP contribution in [0, 0.1) is 5.41 Å². The molecule has 0 fully saturated rings. The molecule has 1 atom stereocenters. The second kappa shape index (κ2) is 8.12. The van der Waals surface area contributed by atoms with Crippen molar-refractivity contribution in [3.8, 4) is 0 Å². The minimum absolute atomic E-state index is 0.0523. The normalized spacial score (nSPS) is 20.0. The first-order valence-corrected chi connectivity index (χ1v) is 12.1. The fourth-order valence-corrected chi connectivity index (χ4v) is 5.95. The number of nitrogens with one attached hydrogen (secondary N) is 2. The third-order valence-corrected chi connectivity index (χ3v) is 7.51. The molecule has 1 aromatic heterocycles. The number of fused-ring (bicyclic) bond motifs is 1. The van der Waals surface area contributed by atoms with Crippen molar-refractivity contribution in [1.82, 2.24) is 10.3 Å². The number of para-hydroxylation sites is 1. The van der Waals surface area contributed by atoms with Gasteiger partial charge in [-0.25, -0.2) is 4.98 Å². The van der Waals surface area contributed by atoms with E-state index in [1.54, 1.807) is 6.07 Å².